The normalized spacial score (nSPS) is 19.2. The van der Waals surface area contributed by atoms with E-state index in [1.807, 2.05) is 54.6 Å². The molecule has 0 unspecified atom stereocenters. The Bertz CT molecular complexity index is 1780. The zero-order valence-corrected chi connectivity index (χ0v) is 28.3. The number of fused-ring (bicyclic) bond motifs is 1. The second-order valence-corrected chi connectivity index (χ2v) is 13.5. The van der Waals surface area contributed by atoms with E-state index in [0.717, 1.165) is 78.1 Å². The minimum atomic E-state index is 0.105. The Morgan fingerprint density at radius 3 is 2.08 bits per heavy atom. The Kier molecular flexibility index (Phi) is 9.64. The van der Waals surface area contributed by atoms with Crippen LogP contribution in [0.3, 0.4) is 0 Å². The number of nitrogens with zero attached hydrogens (tertiary/aromatic N) is 3. The van der Waals surface area contributed by atoms with Crippen molar-refractivity contribution in [1.29, 1.82) is 0 Å². The SMILES string of the molecule is COc1nc(-c2cccc(-c3cccc(-c4ccc5c(n4)CCN(C[C@@H]4CCC(=O)N4)C5)c3Cl)c2Cl)ccc1CNC[C@@H]1CCC(=O)N1. The number of carbonyl (C=O) groups excluding carboxylic acids is 2. The van der Waals surface area contributed by atoms with Gasteiger partial charge in [0.25, 0.3) is 0 Å². The van der Waals surface area contributed by atoms with E-state index in [1.54, 1.807) is 7.11 Å². The molecule has 0 saturated carbocycles. The average Bonchev–Trinajstić information content (AvgIpc) is 3.71. The van der Waals surface area contributed by atoms with E-state index in [0.29, 0.717) is 47.6 Å². The lowest BCUT2D eigenvalue weighted by molar-refractivity contribution is -0.120. The third kappa shape index (κ3) is 6.91. The number of methoxy groups -OCH3 is 1. The summed E-state index contributed by atoms with van der Waals surface area (Å²) in [6.07, 6.45) is 3.79. The first-order valence-electron chi connectivity index (χ1n) is 16.5. The van der Waals surface area contributed by atoms with Crippen molar-refractivity contribution in [3.05, 3.63) is 87.5 Å². The zero-order valence-electron chi connectivity index (χ0n) is 26.8. The second kappa shape index (κ2) is 14.2. The fourth-order valence-corrected chi connectivity index (χ4v) is 7.57. The number of carbonyl (C=O) groups is 2. The molecule has 3 aliphatic heterocycles. The Morgan fingerprint density at radius 2 is 1.44 bits per heavy atom. The van der Waals surface area contributed by atoms with Crippen molar-refractivity contribution in [2.75, 3.05) is 26.7 Å². The van der Waals surface area contributed by atoms with Crippen molar-refractivity contribution < 1.29 is 14.3 Å². The molecule has 3 aliphatic rings. The number of nitrogens with one attached hydrogen (secondary N) is 3. The molecule has 48 heavy (non-hydrogen) atoms. The lowest BCUT2D eigenvalue weighted by Gasteiger charge is -2.30. The quantitative estimate of drug-likeness (QED) is 0.194. The van der Waals surface area contributed by atoms with Crippen LogP contribution in [-0.4, -0.2) is 65.5 Å². The number of ether oxygens (including phenoxy) is 1. The molecule has 0 spiro atoms. The third-order valence-electron chi connectivity index (χ3n) is 9.45. The van der Waals surface area contributed by atoms with Crippen LogP contribution in [0.1, 0.15) is 42.5 Å². The fraction of sp³-hybridized carbons (Fsp3) is 0.351. The Labute approximate surface area is 290 Å². The van der Waals surface area contributed by atoms with Crippen LogP contribution < -0.4 is 20.7 Å². The summed E-state index contributed by atoms with van der Waals surface area (Å²) in [6, 6.07) is 20.3. The van der Waals surface area contributed by atoms with Crippen LogP contribution in [0.25, 0.3) is 33.6 Å². The number of hydrogen-bond acceptors (Lipinski definition) is 7. The highest BCUT2D eigenvalue weighted by Gasteiger charge is 2.26. The van der Waals surface area contributed by atoms with Gasteiger partial charge >= 0.3 is 0 Å². The van der Waals surface area contributed by atoms with Gasteiger partial charge in [-0.05, 0) is 30.5 Å². The first kappa shape index (κ1) is 32.5. The van der Waals surface area contributed by atoms with Gasteiger partial charge in [-0.15, -0.1) is 0 Å². The molecule has 9 nitrogen and oxygen atoms in total. The van der Waals surface area contributed by atoms with E-state index in [2.05, 4.69) is 26.9 Å². The van der Waals surface area contributed by atoms with Crippen LogP contribution >= 0.6 is 23.2 Å². The highest BCUT2D eigenvalue weighted by molar-refractivity contribution is 6.39. The first-order chi connectivity index (χ1) is 23.4. The maximum absolute atomic E-state index is 11.6. The van der Waals surface area contributed by atoms with Gasteiger partial charge in [-0.25, -0.2) is 4.98 Å². The highest BCUT2D eigenvalue weighted by Crippen LogP contribution is 2.42. The summed E-state index contributed by atoms with van der Waals surface area (Å²) >= 11 is 14.2. The number of hydrogen-bond donors (Lipinski definition) is 3. The van der Waals surface area contributed by atoms with E-state index in [9.17, 15) is 9.59 Å². The molecule has 2 atom stereocenters. The molecular formula is C37H38Cl2N6O3. The van der Waals surface area contributed by atoms with E-state index in [4.69, 9.17) is 37.9 Å². The summed E-state index contributed by atoms with van der Waals surface area (Å²) in [7, 11) is 1.61. The number of halogens is 2. The average molecular weight is 686 g/mol. The molecule has 3 N–H and O–H groups in total. The molecule has 5 heterocycles. The summed E-state index contributed by atoms with van der Waals surface area (Å²) < 4.78 is 5.65. The molecular weight excluding hydrogens is 647 g/mol. The Balaban J connectivity index is 1.09. The van der Waals surface area contributed by atoms with Crippen molar-refractivity contribution in [3.8, 4) is 39.5 Å². The minimum Gasteiger partial charge on any atom is -0.481 e. The van der Waals surface area contributed by atoms with Crippen LogP contribution in [0.4, 0.5) is 0 Å². The van der Waals surface area contributed by atoms with Gasteiger partial charge in [-0.2, -0.15) is 0 Å². The maximum Gasteiger partial charge on any atom is 0.220 e. The van der Waals surface area contributed by atoms with Gasteiger partial charge in [-0.1, -0.05) is 71.7 Å². The monoisotopic (exact) mass is 684 g/mol. The van der Waals surface area contributed by atoms with Crippen LogP contribution in [0.2, 0.25) is 10.0 Å². The first-order valence-corrected chi connectivity index (χ1v) is 17.2. The van der Waals surface area contributed by atoms with Crippen molar-refractivity contribution in [2.45, 2.75) is 57.3 Å². The number of pyridine rings is 2. The van der Waals surface area contributed by atoms with Crippen LogP contribution in [0, 0.1) is 0 Å². The van der Waals surface area contributed by atoms with Crippen LogP contribution in [-0.2, 0) is 29.1 Å². The highest BCUT2D eigenvalue weighted by atomic mass is 35.5. The Morgan fingerprint density at radius 1 is 0.812 bits per heavy atom. The van der Waals surface area contributed by atoms with E-state index in [-0.39, 0.29) is 23.9 Å². The number of benzene rings is 2. The fourth-order valence-electron chi connectivity index (χ4n) is 6.92. The van der Waals surface area contributed by atoms with Crippen molar-refractivity contribution in [2.24, 2.45) is 0 Å². The molecule has 2 amide bonds. The summed E-state index contributed by atoms with van der Waals surface area (Å²) in [5.74, 6) is 0.775. The van der Waals surface area contributed by atoms with Gasteiger partial charge < -0.3 is 20.7 Å². The molecule has 2 aromatic carbocycles. The second-order valence-electron chi connectivity index (χ2n) is 12.7. The molecule has 0 radical (unpaired) electrons. The number of rotatable bonds is 10. The van der Waals surface area contributed by atoms with Crippen molar-refractivity contribution >= 4 is 35.0 Å². The lowest BCUT2D eigenvalue weighted by atomic mass is 9.97. The lowest BCUT2D eigenvalue weighted by Crippen LogP contribution is -2.41. The topological polar surface area (TPSA) is 108 Å². The summed E-state index contributed by atoms with van der Waals surface area (Å²) in [4.78, 5) is 35.4. The Hall–Kier alpha value is -4.02. The van der Waals surface area contributed by atoms with Gasteiger partial charge in [-0.3, -0.25) is 19.5 Å². The summed E-state index contributed by atoms with van der Waals surface area (Å²) in [6.45, 7) is 3.84. The van der Waals surface area contributed by atoms with Gasteiger partial charge in [0.05, 0.1) is 28.5 Å². The molecule has 2 fully saturated rings. The predicted octanol–water partition coefficient (Wildman–Crippen LogP) is 5.80. The van der Waals surface area contributed by atoms with Crippen molar-refractivity contribution in [1.82, 2.24) is 30.8 Å². The summed E-state index contributed by atoms with van der Waals surface area (Å²) in [5, 5.41) is 10.6. The number of aromatic nitrogens is 2. The third-order valence-corrected chi connectivity index (χ3v) is 10.3. The molecule has 2 saturated heterocycles. The van der Waals surface area contributed by atoms with E-state index >= 15 is 0 Å². The summed E-state index contributed by atoms with van der Waals surface area (Å²) in [5.41, 5.74) is 7.99. The van der Waals surface area contributed by atoms with Crippen LogP contribution in [0.5, 0.6) is 5.88 Å². The zero-order chi connectivity index (χ0) is 33.2. The standard InChI is InChI=1S/C37H38Cl2N6O3/c1-48-37-22(18-40-19-24-10-14-33(46)41-24)8-12-32(44-37)29-7-3-5-27(36(29)39)26-4-2-6-28(35(26)38)31-13-9-23-20-45(17-16-30(23)43-31)21-25-11-15-34(47)42-25/h2-9,12-13,24-25,40H,10-11,14-21H2,1H3,(H,41,46)(H,42,47)/t24-,25-/m0/s1. The van der Waals surface area contributed by atoms with Crippen LogP contribution in [0.15, 0.2) is 60.7 Å². The van der Waals surface area contributed by atoms with E-state index in [1.165, 1.54) is 5.56 Å². The molecule has 248 valence electrons. The largest absolute Gasteiger partial charge is 0.481 e. The molecule has 11 heteroatoms. The molecule has 4 aromatic rings. The maximum atomic E-state index is 11.6. The molecule has 0 bridgehead atoms. The molecule has 2 aromatic heterocycles. The molecule has 7 rings (SSSR count). The number of amides is 2. The van der Waals surface area contributed by atoms with Gasteiger partial charge in [0.15, 0.2) is 0 Å². The van der Waals surface area contributed by atoms with Gasteiger partial charge in [0.2, 0.25) is 17.7 Å². The predicted molar refractivity (Wildman–Crippen MR) is 188 cm³/mol. The smallest absolute Gasteiger partial charge is 0.220 e. The minimum absolute atomic E-state index is 0.105. The van der Waals surface area contributed by atoms with Crippen molar-refractivity contribution in [3.63, 3.8) is 0 Å². The van der Waals surface area contributed by atoms with E-state index < -0.39 is 0 Å². The molecule has 0 aliphatic carbocycles. The van der Waals surface area contributed by atoms with Gasteiger partial charge in [0.1, 0.15) is 0 Å². The van der Waals surface area contributed by atoms with Gasteiger partial charge in [0, 0.05) is 97.6 Å².